The van der Waals surface area contributed by atoms with E-state index in [1.807, 2.05) is 6.07 Å². The molecule has 3 aromatic heterocycles. The Kier molecular flexibility index (Phi) is 4.30. The SMILES string of the molecule is O=C(NC1CC1)c1ccc2c(n1)N(C(=O)Nc1cc(-c3cnco3)ccn1)C1CCN2C1. The standard InChI is InChI=1S/C22H21N7O3/c30-21(25-14-1-2-14)16-3-4-17-20(26-16)29(15-6-8-28(17)11-15)22(31)27-19-9-13(5-7-24-19)18-10-23-12-32-18/h3-5,7,9-10,12,14-15H,1-2,6,8,11H2,(H,25,30)(H,24,27,31). The quantitative estimate of drug-likeness (QED) is 0.652. The molecule has 1 atom stereocenters. The molecule has 0 aromatic carbocycles. The minimum absolute atomic E-state index is 0.0193. The first kappa shape index (κ1) is 18.8. The molecule has 2 fully saturated rings. The third kappa shape index (κ3) is 3.33. The number of urea groups is 1. The van der Waals surface area contributed by atoms with E-state index in [0.717, 1.165) is 43.6 Å². The Morgan fingerprint density at radius 2 is 2.06 bits per heavy atom. The van der Waals surface area contributed by atoms with Gasteiger partial charge in [0.15, 0.2) is 18.0 Å². The first-order chi connectivity index (χ1) is 15.7. The van der Waals surface area contributed by atoms with Gasteiger partial charge in [0.2, 0.25) is 0 Å². The molecule has 1 saturated carbocycles. The lowest BCUT2D eigenvalue weighted by atomic mass is 10.1. The van der Waals surface area contributed by atoms with Gasteiger partial charge in [0.1, 0.15) is 11.5 Å². The molecule has 1 unspecified atom stereocenters. The number of oxazole rings is 1. The van der Waals surface area contributed by atoms with E-state index in [1.165, 1.54) is 6.39 Å². The molecule has 162 valence electrons. The summed E-state index contributed by atoms with van der Waals surface area (Å²) in [5.74, 6) is 1.29. The van der Waals surface area contributed by atoms with Crippen LogP contribution in [0.2, 0.25) is 0 Å². The van der Waals surface area contributed by atoms with E-state index in [0.29, 0.717) is 23.1 Å². The van der Waals surface area contributed by atoms with Gasteiger partial charge >= 0.3 is 6.03 Å². The van der Waals surface area contributed by atoms with Crippen molar-refractivity contribution in [1.29, 1.82) is 0 Å². The number of rotatable bonds is 4. The third-order valence-electron chi connectivity index (χ3n) is 6.03. The van der Waals surface area contributed by atoms with Crippen molar-refractivity contribution in [3.05, 3.63) is 48.7 Å². The van der Waals surface area contributed by atoms with Gasteiger partial charge in [0.05, 0.1) is 17.9 Å². The molecule has 0 radical (unpaired) electrons. The van der Waals surface area contributed by atoms with Crippen molar-refractivity contribution in [3.63, 3.8) is 0 Å². The maximum atomic E-state index is 13.4. The maximum absolute atomic E-state index is 13.4. The number of carbonyl (C=O) groups is 2. The van der Waals surface area contributed by atoms with Crippen LogP contribution in [0.15, 0.2) is 47.5 Å². The zero-order valence-electron chi connectivity index (χ0n) is 17.2. The molecule has 3 aromatic rings. The first-order valence-electron chi connectivity index (χ1n) is 10.7. The van der Waals surface area contributed by atoms with Gasteiger partial charge in [0, 0.05) is 30.9 Å². The minimum Gasteiger partial charge on any atom is -0.444 e. The molecule has 5 heterocycles. The van der Waals surface area contributed by atoms with Gasteiger partial charge in [-0.25, -0.2) is 19.7 Å². The van der Waals surface area contributed by atoms with E-state index in [4.69, 9.17) is 4.42 Å². The maximum Gasteiger partial charge on any atom is 0.329 e. The zero-order chi connectivity index (χ0) is 21.7. The molecule has 2 aliphatic heterocycles. The molecular formula is C22H21N7O3. The van der Waals surface area contributed by atoms with Crippen LogP contribution in [0.1, 0.15) is 29.8 Å². The van der Waals surface area contributed by atoms with Gasteiger partial charge in [-0.15, -0.1) is 0 Å². The molecule has 6 rings (SSSR count). The Balaban J connectivity index is 1.29. The summed E-state index contributed by atoms with van der Waals surface area (Å²) in [5, 5.41) is 5.84. The average Bonchev–Trinajstić information content (AvgIpc) is 3.27. The monoisotopic (exact) mass is 431 g/mol. The predicted octanol–water partition coefficient (Wildman–Crippen LogP) is 2.65. The van der Waals surface area contributed by atoms with Crippen LogP contribution in [0.4, 0.5) is 22.1 Å². The summed E-state index contributed by atoms with van der Waals surface area (Å²) in [6, 6.07) is 7.02. The van der Waals surface area contributed by atoms with Crippen LogP contribution >= 0.6 is 0 Å². The summed E-state index contributed by atoms with van der Waals surface area (Å²) in [6.07, 6.45) is 7.40. The Morgan fingerprint density at radius 1 is 1.16 bits per heavy atom. The highest BCUT2D eigenvalue weighted by Crippen LogP contribution is 2.39. The van der Waals surface area contributed by atoms with Crippen molar-refractivity contribution in [2.75, 3.05) is 28.2 Å². The van der Waals surface area contributed by atoms with Crippen LogP contribution < -0.4 is 20.4 Å². The number of carbonyl (C=O) groups excluding carboxylic acids is 2. The summed E-state index contributed by atoms with van der Waals surface area (Å²) in [6.45, 7) is 1.58. The molecular weight excluding hydrogens is 410 g/mol. The summed E-state index contributed by atoms with van der Waals surface area (Å²) in [5.41, 5.74) is 1.94. The summed E-state index contributed by atoms with van der Waals surface area (Å²) < 4.78 is 5.33. The molecule has 0 spiro atoms. The van der Waals surface area contributed by atoms with Crippen LogP contribution in [0.25, 0.3) is 11.3 Å². The summed E-state index contributed by atoms with van der Waals surface area (Å²) in [4.78, 5) is 42.6. The van der Waals surface area contributed by atoms with E-state index < -0.39 is 0 Å². The smallest absolute Gasteiger partial charge is 0.329 e. The number of nitrogens with one attached hydrogen (secondary N) is 2. The lowest BCUT2D eigenvalue weighted by molar-refractivity contribution is 0.0946. The van der Waals surface area contributed by atoms with E-state index in [-0.39, 0.29) is 24.0 Å². The van der Waals surface area contributed by atoms with Crippen molar-refractivity contribution in [2.45, 2.75) is 31.3 Å². The van der Waals surface area contributed by atoms with Crippen molar-refractivity contribution in [2.24, 2.45) is 0 Å². The first-order valence-corrected chi connectivity index (χ1v) is 10.7. The molecule has 1 aliphatic carbocycles. The fraction of sp³-hybridized carbons (Fsp3) is 0.318. The topological polar surface area (TPSA) is 116 Å². The fourth-order valence-corrected chi connectivity index (χ4v) is 4.27. The van der Waals surface area contributed by atoms with E-state index in [1.54, 1.807) is 35.5 Å². The van der Waals surface area contributed by atoms with Gasteiger partial charge in [-0.1, -0.05) is 0 Å². The van der Waals surface area contributed by atoms with Crippen LogP contribution in [0, 0.1) is 0 Å². The largest absolute Gasteiger partial charge is 0.444 e. The van der Waals surface area contributed by atoms with Crippen LogP contribution in [0.5, 0.6) is 0 Å². The zero-order valence-corrected chi connectivity index (χ0v) is 17.2. The number of nitrogens with zero attached hydrogens (tertiary/aromatic N) is 5. The third-order valence-corrected chi connectivity index (χ3v) is 6.03. The second-order valence-corrected chi connectivity index (χ2v) is 8.27. The number of aromatic nitrogens is 3. The molecule has 3 amide bonds. The number of hydrogen-bond donors (Lipinski definition) is 2. The highest BCUT2D eigenvalue weighted by Gasteiger charge is 2.40. The Morgan fingerprint density at radius 3 is 2.88 bits per heavy atom. The number of amides is 3. The summed E-state index contributed by atoms with van der Waals surface area (Å²) in [7, 11) is 0. The number of anilines is 3. The van der Waals surface area contributed by atoms with Crippen molar-refractivity contribution < 1.29 is 14.0 Å². The lowest BCUT2D eigenvalue weighted by Gasteiger charge is -2.35. The van der Waals surface area contributed by atoms with E-state index >= 15 is 0 Å². The predicted molar refractivity (Wildman–Crippen MR) is 117 cm³/mol. The lowest BCUT2D eigenvalue weighted by Crippen LogP contribution is -2.48. The van der Waals surface area contributed by atoms with Gasteiger partial charge in [-0.05, 0) is 43.5 Å². The van der Waals surface area contributed by atoms with E-state index in [2.05, 4.69) is 30.5 Å². The van der Waals surface area contributed by atoms with E-state index in [9.17, 15) is 9.59 Å². The highest BCUT2D eigenvalue weighted by atomic mass is 16.3. The average molecular weight is 431 g/mol. The van der Waals surface area contributed by atoms with Crippen molar-refractivity contribution in [3.8, 4) is 11.3 Å². The Labute approximate surface area is 183 Å². The number of hydrogen-bond acceptors (Lipinski definition) is 7. The van der Waals surface area contributed by atoms with Crippen LogP contribution in [-0.4, -0.2) is 52.1 Å². The number of fused-ring (bicyclic) bond motifs is 4. The van der Waals surface area contributed by atoms with Crippen LogP contribution in [-0.2, 0) is 0 Å². The van der Waals surface area contributed by atoms with Crippen molar-refractivity contribution in [1.82, 2.24) is 20.3 Å². The molecule has 10 nitrogen and oxygen atoms in total. The molecule has 2 bridgehead atoms. The second kappa shape index (κ2) is 7.33. The van der Waals surface area contributed by atoms with Gasteiger partial charge in [-0.3, -0.25) is 15.0 Å². The fourth-order valence-electron chi connectivity index (χ4n) is 4.27. The Bertz CT molecular complexity index is 1190. The normalized spacial score (nSPS) is 18.9. The number of pyridine rings is 2. The molecule has 1 saturated heterocycles. The van der Waals surface area contributed by atoms with Crippen molar-refractivity contribution >= 4 is 29.3 Å². The van der Waals surface area contributed by atoms with Gasteiger partial charge < -0.3 is 14.6 Å². The molecule has 2 N–H and O–H groups in total. The summed E-state index contributed by atoms with van der Waals surface area (Å²) >= 11 is 0. The molecule has 10 heteroatoms. The molecule has 3 aliphatic rings. The second-order valence-electron chi connectivity index (χ2n) is 8.27. The Hall–Kier alpha value is -3.95. The minimum atomic E-state index is -0.327. The van der Waals surface area contributed by atoms with Gasteiger partial charge in [0.25, 0.3) is 5.91 Å². The molecule has 32 heavy (non-hydrogen) atoms. The highest BCUT2D eigenvalue weighted by molar-refractivity contribution is 6.05. The van der Waals surface area contributed by atoms with Crippen LogP contribution in [0.3, 0.4) is 0 Å². The van der Waals surface area contributed by atoms with Gasteiger partial charge in [-0.2, -0.15) is 0 Å².